The van der Waals surface area contributed by atoms with Crippen molar-refractivity contribution >= 4 is 11.7 Å². The third-order valence-corrected chi connectivity index (χ3v) is 6.82. The van der Waals surface area contributed by atoms with Gasteiger partial charge in [-0.1, -0.05) is 12.1 Å². The Kier molecular flexibility index (Phi) is 8.93. The molecule has 2 heterocycles. The van der Waals surface area contributed by atoms with Crippen molar-refractivity contribution in [3.8, 4) is 5.75 Å². The minimum absolute atomic E-state index is 0.210. The molecule has 0 aliphatic carbocycles. The van der Waals surface area contributed by atoms with E-state index in [9.17, 15) is 13.6 Å². The topological polar surface area (TPSA) is 62.8 Å². The zero-order chi connectivity index (χ0) is 24.6. The maximum atomic E-state index is 14.8. The summed E-state index contributed by atoms with van der Waals surface area (Å²) in [5, 5.41) is 5.57. The van der Waals surface area contributed by atoms with Crippen LogP contribution in [-0.2, 0) is 11.2 Å². The van der Waals surface area contributed by atoms with Crippen LogP contribution in [-0.4, -0.2) is 62.1 Å². The molecule has 3 atom stereocenters. The Bertz CT molecular complexity index is 934. The van der Waals surface area contributed by atoms with Gasteiger partial charge in [-0.2, -0.15) is 0 Å². The Morgan fingerprint density at radius 2 is 1.80 bits per heavy atom. The number of hydrogen-bond donors (Lipinski definition) is 2. The van der Waals surface area contributed by atoms with Crippen molar-refractivity contribution in [2.24, 2.45) is 5.92 Å². The summed E-state index contributed by atoms with van der Waals surface area (Å²) in [4.78, 5) is 14.9. The minimum Gasteiger partial charge on any atom is -0.494 e. The molecule has 2 aromatic carbocycles. The van der Waals surface area contributed by atoms with Crippen molar-refractivity contribution in [1.82, 2.24) is 10.2 Å². The Morgan fingerprint density at radius 3 is 2.49 bits per heavy atom. The number of carbonyl (C=O) groups excluding carboxylic acids is 1. The zero-order valence-corrected chi connectivity index (χ0v) is 20.2. The highest BCUT2D eigenvalue weighted by Crippen LogP contribution is 2.25. The molecule has 0 unspecified atom stereocenters. The van der Waals surface area contributed by atoms with E-state index in [-0.39, 0.29) is 12.2 Å². The number of amides is 2. The molecular weight excluding hydrogens is 452 g/mol. The first kappa shape index (κ1) is 25.4. The zero-order valence-electron chi connectivity index (χ0n) is 20.2. The Hall–Kier alpha value is -2.71. The normalized spacial score (nSPS) is 23.6. The summed E-state index contributed by atoms with van der Waals surface area (Å²) in [6, 6.07) is 12.6. The average Bonchev–Trinajstić information content (AvgIpc) is 2.85. The van der Waals surface area contributed by atoms with E-state index < -0.39 is 24.3 Å². The number of nitrogens with zero attached hydrogens (tertiary/aromatic N) is 1. The molecule has 190 valence electrons. The van der Waals surface area contributed by atoms with Crippen molar-refractivity contribution in [1.29, 1.82) is 0 Å². The minimum atomic E-state index is -1.16. The number of nitrogens with one attached hydrogen (secondary N) is 2. The predicted octanol–water partition coefficient (Wildman–Crippen LogP) is 4.80. The maximum Gasteiger partial charge on any atom is 0.319 e. The number of urea groups is 1. The Morgan fingerprint density at radius 1 is 1.09 bits per heavy atom. The summed E-state index contributed by atoms with van der Waals surface area (Å²) < 4.78 is 39.3. The molecule has 2 amide bonds. The summed E-state index contributed by atoms with van der Waals surface area (Å²) in [5.41, 5.74) is 1.77. The number of alkyl halides is 1. The number of benzene rings is 2. The predicted molar refractivity (Wildman–Crippen MR) is 132 cm³/mol. The van der Waals surface area contributed by atoms with Crippen molar-refractivity contribution in [2.45, 2.75) is 50.9 Å². The molecule has 4 rings (SSSR count). The van der Waals surface area contributed by atoms with E-state index in [1.165, 1.54) is 12.1 Å². The first-order valence-electron chi connectivity index (χ1n) is 12.5. The maximum absolute atomic E-state index is 14.8. The van der Waals surface area contributed by atoms with Gasteiger partial charge in [0.2, 0.25) is 0 Å². The average molecular weight is 488 g/mol. The van der Waals surface area contributed by atoms with E-state index in [1.54, 1.807) is 24.3 Å². The second-order valence-electron chi connectivity index (χ2n) is 9.37. The molecular formula is C27H35F2N3O3. The van der Waals surface area contributed by atoms with Crippen LogP contribution >= 0.6 is 0 Å². The summed E-state index contributed by atoms with van der Waals surface area (Å²) in [7, 11) is 0. The summed E-state index contributed by atoms with van der Waals surface area (Å²) in [5.74, 6) is 1.06. The van der Waals surface area contributed by atoms with Gasteiger partial charge in [-0.15, -0.1) is 0 Å². The molecule has 2 aliphatic rings. The number of anilines is 1. The molecule has 2 aromatic rings. The lowest BCUT2D eigenvalue weighted by molar-refractivity contribution is -0.0590. The fourth-order valence-electron chi connectivity index (χ4n) is 4.90. The molecule has 0 radical (unpaired) electrons. The molecule has 2 fully saturated rings. The van der Waals surface area contributed by atoms with Crippen LogP contribution in [0.1, 0.15) is 31.7 Å². The van der Waals surface area contributed by atoms with Crippen LogP contribution in [0.3, 0.4) is 0 Å². The molecule has 35 heavy (non-hydrogen) atoms. The number of hydrogen-bond acceptors (Lipinski definition) is 4. The molecule has 0 bridgehead atoms. The first-order chi connectivity index (χ1) is 17.0. The quantitative estimate of drug-likeness (QED) is 0.562. The summed E-state index contributed by atoms with van der Waals surface area (Å²) in [6.45, 7) is 5.21. The number of rotatable bonds is 8. The highest BCUT2D eigenvalue weighted by atomic mass is 19.1. The van der Waals surface area contributed by atoms with Crippen LogP contribution in [0.2, 0.25) is 0 Å². The van der Waals surface area contributed by atoms with Gasteiger partial charge >= 0.3 is 6.03 Å². The van der Waals surface area contributed by atoms with E-state index in [4.69, 9.17) is 9.47 Å². The van der Waals surface area contributed by atoms with Gasteiger partial charge in [0.25, 0.3) is 0 Å². The van der Waals surface area contributed by atoms with Gasteiger partial charge in [0.05, 0.1) is 18.8 Å². The monoisotopic (exact) mass is 487 g/mol. The fraction of sp³-hybridized carbons (Fsp3) is 0.519. The molecule has 2 aliphatic heterocycles. The van der Waals surface area contributed by atoms with Crippen molar-refractivity contribution in [3.05, 3.63) is 59.9 Å². The van der Waals surface area contributed by atoms with Crippen LogP contribution < -0.4 is 15.4 Å². The Labute approximate surface area is 206 Å². The standard InChI is InChI=1S/C27H35F2N3O3/c1-2-34-23-9-7-22(8-10-23)30-27(33)31-26-24(29)13-16-35-25(26)18-32-14-11-20(12-15-32)17-19-3-5-21(28)6-4-19/h3-10,20,24-26H,2,11-18H2,1H3,(H2,30,31,33)/t24-,25+,26+/m0/s1. The molecule has 0 aromatic heterocycles. The summed E-state index contributed by atoms with van der Waals surface area (Å²) >= 11 is 0. The highest BCUT2D eigenvalue weighted by molar-refractivity contribution is 5.89. The number of piperidine rings is 1. The lowest BCUT2D eigenvalue weighted by Gasteiger charge is -2.39. The summed E-state index contributed by atoms with van der Waals surface area (Å²) in [6.07, 6.45) is 1.70. The van der Waals surface area contributed by atoms with Gasteiger partial charge in [-0.25, -0.2) is 13.6 Å². The lowest BCUT2D eigenvalue weighted by Crippen LogP contribution is -2.58. The molecule has 2 saturated heterocycles. The van der Waals surface area contributed by atoms with E-state index in [0.717, 1.165) is 43.7 Å². The number of likely N-dealkylation sites (tertiary alicyclic amines) is 1. The van der Waals surface area contributed by atoms with Crippen LogP contribution in [0.25, 0.3) is 0 Å². The number of ether oxygens (including phenoxy) is 2. The lowest BCUT2D eigenvalue weighted by atomic mass is 9.89. The molecule has 8 heteroatoms. The van der Waals surface area contributed by atoms with Gasteiger partial charge in [0.15, 0.2) is 0 Å². The van der Waals surface area contributed by atoms with Crippen molar-refractivity contribution in [3.63, 3.8) is 0 Å². The van der Waals surface area contributed by atoms with Crippen molar-refractivity contribution < 1.29 is 23.0 Å². The van der Waals surface area contributed by atoms with Crippen LogP contribution in [0.5, 0.6) is 5.75 Å². The molecule has 0 spiro atoms. The van der Waals surface area contributed by atoms with Crippen molar-refractivity contribution in [2.75, 3.05) is 38.2 Å². The second kappa shape index (κ2) is 12.3. The van der Waals surface area contributed by atoms with Gasteiger partial charge in [0.1, 0.15) is 17.7 Å². The first-order valence-corrected chi connectivity index (χ1v) is 12.5. The van der Waals surface area contributed by atoms with Gasteiger partial charge < -0.3 is 25.0 Å². The molecule has 6 nitrogen and oxygen atoms in total. The largest absolute Gasteiger partial charge is 0.494 e. The van der Waals surface area contributed by atoms with Gasteiger partial charge in [0, 0.05) is 25.3 Å². The number of carbonyl (C=O) groups is 1. The van der Waals surface area contributed by atoms with Gasteiger partial charge in [-0.3, -0.25) is 0 Å². The van der Waals surface area contributed by atoms with Crippen LogP contribution in [0.15, 0.2) is 48.5 Å². The molecule has 2 N–H and O–H groups in total. The van der Waals surface area contributed by atoms with Crippen LogP contribution in [0, 0.1) is 11.7 Å². The molecule has 0 saturated carbocycles. The Balaban J connectivity index is 1.26. The highest BCUT2D eigenvalue weighted by Gasteiger charge is 2.37. The second-order valence-corrected chi connectivity index (χ2v) is 9.37. The van der Waals surface area contributed by atoms with Crippen LogP contribution in [0.4, 0.5) is 19.3 Å². The third kappa shape index (κ3) is 7.39. The van der Waals surface area contributed by atoms with E-state index in [1.807, 2.05) is 19.1 Å². The van der Waals surface area contributed by atoms with Gasteiger partial charge in [-0.05, 0) is 87.2 Å². The fourth-order valence-corrected chi connectivity index (χ4v) is 4.90. The smallest absolute Gasteiger partial charge is 0.319 e. The SMILES string of the molecule is CCOc1ccc(NC(=O)N[C@@H]2[C@@H](F)CCO[C@@H]2CN2CCC(Cc3ccc(F)cc3)CC2)cc1. The van der Waals surface area contributed by atoms with E-state index in [2.05, 4.69) is 15.5 Å². The van der Waals surface area contributed by atoms with E-state index >= 15 is 0 Å². The third-order valence-electron chi connectivity index (χ3n) is 6.82. The number of halogens is 2. The van der Waals surface area contributed by atoms with E-state index in [0.29, 0.717) is 31.4 Å².